The number of rotatable bonds is 6. The molecule has 2 heterocycles. The van der Waals surface area contributed by atoms with Gasteiger partial charge in [0.15, 0.2) is 5.16 Å². The smallest absolute Gasteiger partial charge is 0.191 e. The van der Waals surface area contributed by atoms with E-state index in [2.05, 4.69) is 20.8 Å². The third-order valence-electron chi connectivity index (χ3n) is 4.41. The fourth-order valence-corrected chi connectivity index (χ4v) is 4.21. The summed E-state index contributed by atoms with van der Waals surface area (Å²) in [5.41, 5.74) is 1.14. The number of aromatic nitrogens is 3. The Bertz CT molecular complexity index is 680. The number of hydrogen-bond acceptors (Lipinski definition) is 4. The maximum atomic E-state index is 6.26. The zero-order valence-corrected chi connectivity index (χ0v) is 14.5. The normalized spacial score (nSPS) is 21.0. The molecule has 0 N–H and O–H groups in total. The van der Waals surface area contributed by atoms with Gasteiger partial charge in [0.2, 0.25) is 0 Å². The first-order chi connectivity index (χ1) is 11.3. The van der Waals surface area contributed by atoms with Crippen LogP contribution in [-0.2, 0) is 17.0 Å². The molecule has 2 aromatic rings. The molecule has 6 heteroatoms. The lowest BCUT2D eigenvalue weighted by atomic mass is 10.2. The van der Waals surface area contributed by atoms with Crippen LogP contribution in [0.15, 0.2) is 29.4 Å². The zero-order valence-electron chi connectivity index (χ0n) is 12.9. The van der Waals surface area contributed by atoms with Crippen LogP contribution in [0.25, 0.3) is 0 Å². The Balaban J connectivity index is 1.51. The minimum atomic E-state index is 0.308. The van der Waals surface area contributed by atoms with Gasteiger partial charge in [-0.2, -0.15) is 0 Å². The van der Waals surface area contributed by atoms with Crippen molar-refractivity contribution in [2.75, 3.05) is 6.61 Å². The number of hydrogen-bond donors (Lipinski definition) is 0. The predicted molar refractivity (Wildman–Crippen MR) is 92.0 cm³/mol. The summed E-state index contributed by atoms with van der Waals surface area (Å²) in [6, 6.07) is 7.98. The molecule has 1 aromatic carbocycles. The highest BCUT2D eigenvalue weighted by atomic mass is 35.5. The molecule has 4 rings (SSSR count). The first-order valence-electron chi connectivity index (χ1n) is 8.22. The van der Waals surface area contributed by atoms with Crippen molar-refractivity contribution >= 4 is 23.4 Å². The summed E-state index contributed by atoms with van der Waals surface area (Å²) in [6.07, 6.45) is 5.07. The van der Waals surface area contributed by atoms with Gasteiger partial charge in [0.25, 0.3) is 0 Å². The van der Waals surface area contributed by atoms with Gasteiger partial charge in [0, 0.05) is 23.3 Å². The molecular formula is C17H20ClN3OS. The van der Waals surface area contributed by atoms with Crippen molar-refractivity contribution in [3.05, 3.63) is 40.7 Å². The van der Waals surface area contributed by atoms with Crippen LogP contribution in [0.5, 0.6) is 0 Å². The Kier molecular flexibility index (Phi) is 4.60. The number of ether oxygens (including phenoxy) is 1. The summed E-state index contributed by atoms with van der Waals surface area (Å²) in [5, 5.41) is 10.7. The molecule has 1 unspecified atom stereocenters. The van der Waals surface area contributed by atoms with Crippen LogP contribution in [0.2, 0.25) is 5.02 Å². The van der Waals surface area contributed by atoms with E-state index in [9.17, 15) is 0 Å². The van der Waals surface area contributed by atoms with Crippen LogP contribution < -0.4 is 0 Å². The highest BCUT2D eigenvalue weighted by molar-refractivity contribution is 7.98. The molecule has 1 saturated carbocycles. The Hall–Kier alpha value is -1.04. The molecule has 122 valence electrons. The van der Waals surface area contributed by atoms with Crippen LogP contribution in [0.1, 0.15) is 43.0 Å². The van der Waals surface area contributed by atoms with E-state index < -0.39 is 0 Å². The summed E-state index contributed by atoms with van der Waals surface area (Å²) in [6.45, 7) is 1.76. The van der Waals surface area contributed by atoms with Crippen LogP contribution >= 0.6 is 23.4 Å². The van der Waals surface area contributed by atoms with Gasteiger partial charge < -0.3 is 9.30 Å². The molecule has 23 heavy (non-hydrogen) atoms. The lowest BCUT2D eigenvalue weighted by Gasteiger charge is -2.14. The number of halogens is 1. The van der Waals surface area contributed by atoms with Crippen molar-refractivity contribution in [2.45, 2.75) is 55.2 Å². The van der Waals surface area contributed by atoms with Gasteiger partial charge in [-0.25, -0.2) is 0 Å². The van der Waals surface area contributed by atoms with E-state index in [0.717, 1.165) is 53.3 Å². The molecule has 2 fully saturated rings. The molecule has 1 aliphatic carbocycles. The van der Waals surface area contributed by atoms with Gasteiger partial charge in [0.1, 0.15) is 5.82 Å². The van der Waals surface area contributed by atoms with Crippen LogP contribution in [-0.4, -0.2) is 27.5 Å². The Morgan fingerprint density at radius 3 is 2.83 bits per heavy atom. The molecule has 1 saturated heterocycles. The lowest BCUT2D eigenvalue weighted by Crippen LogP contribution is -2.17. The maximum Gasteiger partial charge on any atom is 0.191 e. The van der Waals surface area contributed by atoms with Crippen LogP contribution in [0.4, 0.5) is 0 Å². The molecule has 1 aromatic heterocycles. The van der Waals surface area contributed by atoms with Crippen molar-refractivity contribution in [1.82, 2.24) is 14.8 Å². The minimum Gasteiger partial charge on any atom is -0.376 e. The van der Waals surface area contributed by atoms with Crippen LogP contribution in [0.3, 0.4) is 0 Å². The summed E-state index contributed by atoms with van der Waals surface area (Å²) in [4.78, 5) is 0. The second-order valence-corrected chi connectivity index (χ2v) is 7.59. The first-order valence-corrected chi connectivity index (χ1v) is 9.58. The first kappa shape index (κ1) is 15.5. The predicted octanol–water partition coefficient (Wildman–Crippen LogP) is 4.28. The van der Waals surface area contributed by atoms with Crippen molar-refractivity contribution in [2.24, 2.45) is 0 Å². The third kappa shape index (κ3) is 3.57. The molecule has 0 amide bonds. The number of nitrogens with zero attached hydrogens (tertiary/aromatic N) is 3. The van der Waals surface area contributed by atoms with Gasteiger partial charge in [0.05, 0.1) is 12.6 Å². The number of thioether (sulfide) groups is 1. The summed E-state index contributed by atoms with van der Waals surface area (Å²) in [7, 11) is 0. The number of benzene rings is 1. The zero-order chi connectivity index (χ0) is 15.6. The monoisotopic (exact) mass is 349 g/mol. The molecule has 2 aliphatic rings. The molecule has 0 radical (unpaired) electrons. The summed E-state index contributed by atoms with van der Waals surface area (Å²) in [5.74, 6) is 2.55. The van der Waals surface area contributed by atoms with Gasteiger partial charge in [-0.05, 0) is 37.3 Å². The van der Waals surface area contributed by atoms with Crippen LogP contribution in [0, 0.1) is 0 Å². The molecule has 0 bridgehead atoms. The van der Waals surface area contributed by atoms with E-state index in [0.29, 0.717) is 12.0 Å². The van der Waals surface area contributed by atoms with Gasteiger partial charge in [-0.15, -0.1) is 10.2 Å². The van der Waals surface area contributed by atoms with Crippen molar-refractivity contribution < 1.29 is 4.74 Å². The molecule has 4 nitrogen and oxygen atoms in total. The van der Waals surface area contributed by atoms with Gasteiger partial charge >= 0.3 is 0 Å². The van der Waals surface area contributed by atoms with E-state index in [1.165, 1.54) is 12.8 Å². The standard InChI is InChI=1S/C17H20ClN3OS/c18-15-6-2-1-4-13(15)11-23-17-20-19-16(12-7-8-12)21(17)10-14-5-3-9-22-14/h1-2,4,6,12,14H,3,5,7-11H2. The average molecular weight is 350 g/mol. The van der Waals surface area contributed by atoms with Crippen molar-refractivity contribution in [3.8, 4) is 0 Å². The Morgan fingerprint density at radius 1 is 1.22 bits per heavy atom. The summed E-state index contributed by atoms with van der Waals surface area (Å²) >= 11 is 7.97. The maximum absolute atomic E-state index is 6.26. The van der Waals surface area contributed by atoms with E-state index in [4.69, 9.17) is 16.3 Å². The third-order valence-corrected chi connectivity index (χ3v) is 5.80. The van der Waals surface area contributed by atoms with E-state index >= 15 is 0 Å². The largest absolute Gasteiger partial charge is 0.376 e. The van der Waals surface area contributed by atoms with E-state index in [-0.39, 0.29) is 0 Å². The highest BCUT2D eigenvalue weighted by Gasteiger charge is 2.31. The fourth-order valence-electron chi connectivity index (χ4n) is 2.97. The fraction of sp³-hybridized carbons (Fsp3) is 0.529. The molecule has 1 atom stereocenters. The molecular weight excluding hydrogens is 330 g/mol. The van der Waals surface area contributed by atoms with E-state index in [1.54, 1.807) is 11.8 Å². The Morgan fingerprint density at radius 2 is 2.09 bits per heavy atom. The molecule has 0 spiro atoms. The highest BCUT2D eigenvalue weighted by Crippen LogP contribution is 2.40. The lowest BCUT2D eigenvalue weighted by molar-refractivity contribution is 0.0942. The van der Waals surface area contributed by atoms with E-state index in [1.807, 2.05) is 18.2 Å². The summed E-state index contributed by atoms with van der Waals surface area (Å²) < 4.78 is 8.10. The van der Waals surface area contributed by atoms with Crippen molar-refractivity contribution in [3.63, 3.8) is 0 Å². The molecule has 1 aliphatic heterocycles. The quantitative estimate of drug-likeness (QED) is 0.730. The second kappa shape index (κ2) is 6.83. The van der Waals surface area contributed by atoms with Gasteiger partial charge in [-0.1, -0.05) is 41.6 Å². The SMILES string of the molecule is Clc1ccccc1CSc1nnc(C2CC2)n1CC1CCCO1. The van der Waals surface area contributed by atoms with Gasteiger partial charge in [-0.3, -0.25) is 0 Å². The average Bonchev–Trinajstić information content (AvgIpc) is 3.13. The topological polar surface area (TPSA) is 39.9 Å². The van der Waals surface area contributed by atoms with Crippen molar-refractivity contribution in [1.29, 1.82) is 0 Å². The Labute approximate surface area is 145 Å². The minimum absolute atomic E-state index is 0.308. The second-order valence-electron chi connectivity index (χ2n) is 6.24.